The average Bonchev–Trinajstić information content (AvgIpc) is 2.91. The Balaban J connectivity index is 1.83. The van der Waals surface area contributed by atoms with Gasteiger partial charge in [-0.1, -0.05) is 60.7 Å². The van der Waals surface area contributed by atoms with Crippen molar-refractivity contribution in [3.63, 3.8) is 0 Å². The van der Waals surface area contributed by atoms with Crippen molar-refractivity contribution < 1.29 is 0 Å². The molecule has 3 aromatic rings. The largest absolute Gasteiger partial charge is 0.302 e. The van der Waals surface area contributed by atoms with Crippen LogP contribution >= 0.6 is 0 Å². The van der Waals surface area contributed by atoms with Crippen molar-refractivity contribution in [3.05, 3.63) is 83.4 Å². The number of nitrogens with one attached hydrogen (secondary N) is 1. The molecule has 4 rings (SSSR count). The Morgan fingerprint density at radius 2 is 1.58 bits per heavy atom. The number of hydrogen-bond donors (Lipinski definition) is 1. The molecule has 19 heavy (non-hydrogen) atoms. The lowest BCUT2D eigenvalue weighted by Crippen LogP contribution is -2.13. The highest BCUT2D eigenvalue weighted by atomic mass is 14.9. The number of hydrogen-bond acceptors (Lipinski definition) is 1. The van der Waals surface area contributed by atoms with Crippen molar-refractivity contribution in [1.29, 1.82) is 0 Å². The van der Waals surface area contributed by atoms with Crippen LogP contribution in [0.1, 0.15) is 22.7 Å². The van der Waals surface area contributed by atoms with Gasteiger partial charge in [0, 0.05) is 6.54 Å². The molecule has 92 valence electrons. The average molecular weight is 245 g/mol. The van der Waals surface area contributed by atoms with Gasteiger partial charge < -0.3 is 5.32 Å². The topological polar surface area (TPSA) is 12.0 Å². The Morgan fingerprint density at radius 1 is 0.789 bits per heavy atom. The van der Waals surface area contributed by atoms with Gasteiger partial charge in [0.15, 0.2) is 0 Å². The molecular formula is C18H15N. The molecule has 1 nitrogen and oxygen atoms in total. The van der Waals surface area contributed by atoms with E-state index in [4.69, 9.17) is 0 Å². The summed E-state index contributed by atoms with van der Waals surface area (Å²) in [5, 5.41) is 6.22. The molecule has 0 fully saturated rings. The molecule has 1 unspecified atom stereocenters. The fourth-order valence-corrected chi connectivity index (χ4v) is 2.98. The van der Waals surface area contributed by atoms with E-state index in [0.717, 1.165) is 6.54 Å². The molecule has 3 aromatic carbocycles. The maximum atomic E-state index is 3.60. The van der Waals surface area contributed by atoms with Crippen molar-refractivity contribution >= 4 is 10.8 Å². The molecule has 1 heterocycles. The summed E-state index contributed by atoms with van der Waals surface area (Å²) in [6.45, 7) is 0.966. The van der Waals surface area contributed by atoms with Gasteiger partial charge >= 0.3 is 0 Å². The zero-order valence-electron chi connectivity index (χ0n) is 10.6. The molecule has 0 bridgehead atoms. The van der Waals surface area contributed by atoms with Crippen LogP contribution in [0.5, 0.6) is 0 Å². The van der Waals surface area contributed by atoms with Gasteiger partial charge in [0.1, 0.15) is 0 Å². The first kappa shape index (κ1) is 10.8. The van der Waals surface area contributed by atoms with E-state index >= 15 is 0 Å². The first-order valence-electron chi connectivity index (χ1n) is 6.72. The highest BCUT2D eigenvalue weighted by Crippen LogP contribution is 2.32. The molecule has 0 saturated heterocycles. The van der Waals surface area contributed by atoms with Crippen molar-refractivity contribution in [2.75, 3.05) is 0 Å². The molecular weight excluding hydrogens is 230 g/mol. The highest BCUT2D eigenvalue weighted by Gasteiger charge is 2.22. The minimum atomic E-state index is 0.334. The maximum Gasteiger partial charge on any atom is 0.0582 e. The summed E-state index contributed by atoms with van der Waals surface area (Å²) in [5.74, 6) is 0. The van der Waals surface area contributed by atoms with Crippen LogP contribution < -0.4 is 5.32 Å². The predicted octanol–water partition coefficient (Wildman–Crippen LogP) is 4.03. The molecule has 1 aliphatic rings. The van der Waals surface area contributed by atoms with E-state index in [0.29, 0.717) is 6.04 Å². The number of fused-ring (bicyclic) bond motifs is 2. The normalized spacial score (nSPS) is 17.6. The molecule has 1 aliphatic heterocycles. The second-order valence-corrected chi connectivity index (χ2v) is 5.12. The van der Waals surface area contributed by atoms with E-state index in [1.54, 1.807) is 0 Å². The standard InChI is InChI=1S/C18H15N/c1-2-6-14-11-15(10-9-13(14)5-1)18-17-8-4-3-7-16(17)12-19-18/h1-11,18-19H,12H2. The summed E-state index contributed by atoms with van der Waals surface area (Å²) in [5.41, 5.74) is 4.18. The van der Waals surface area contributed by atoms with E-state index in [1.807, 2.05) is 0 Å². The SMILES string of the molecule is c1ccc2c(c1)CNC2c1ccc2ccccc2c1. The minimum Gasteiger partial charge on any atom is -0.302 e. The first-order chi connectivity index (χ1) is 9.42. The van der Waals surface area contributed by atoms with Crippen LogP contribution in [0.15, 0.2) is 66.7 Å². The summed E-state index contributed by atoms with van der Waals surface area (Å²) in [4.78, 5) is 0. The third-order valence-electron chi connectivity index (χ3n) is 3.97. The molecule has 0 spiro atoms. The zero-order valence-corrected chi connectivity index (χ0v) is 10.6. The lowest BCUT2D eigenvalue weighted by molar-refractivity contribution is 0.668. The van der Waals surface area contributed by atoms with E-state index in [2.05, 4.69) is 72.0 Å². The van der Waals surface area contributed by atoms with Gasteiger partial charge in [-0.3, -0.25) is 0 Å². The van der Waals surface area contributed by atoms with E-state index in [9.17, 15) is 0 Å². The molecule has 1 N–H and O–H groups in total. The van der Waals surface area contributed by atoms with Gasteiger partial charge in [-0.05, 0) is 33.5 Å². The molecule has 0 aromatic heterocycles. The maximum absolute atomic E-state index is 3.60. The molecule has 0 aliphatic carbocycles. The molecule has 1 atom stereocenters. The Bertz CT molecular complexity index is 745. The third-order valence-corrected chi connectivity index (χ3v) is 3.97. The van der Waals surface area contributed by atoms with Crippen molar-refractivity contribution in [3.8, 4) is 0 Å². The summed E-state index contributed by atoms with van der Waals surface area (Å²) < 4.78 is 0. The molecule has 1 heteroatoms. The van der Waals surface area contributed by atoms with Gasteiger partial charge in [-0.2, -0.15) is 0 Å². The van der Waals surface area contributed by atoms with Gasteiger partial charge in [0.2, 0.25) is 0 Å². The lowest BCUT2D eigenvalue weighted by Gasteiger charge is -2.13. The summed E-state index contributed by atoms with van der Waals surface area (Å²) in [6.07, 6.45) is 0. The van der Waals surface area contributed by atoms with Crippen LogP contribution in [-0.4, -0.2) is 0 Å². The van der Waals surface area contributed by atoms with Crippen LogP contribution in [0.25, 0.3) is 10.8 Å². The van der Waals surface area contributed by atoms with Crippen LogP contribution in [0.3, 0.4) is 0 Å². The molecule has 0 radical (unpaired) electrons. The fraction of sp³-hybridized carbons (Fsp3) is 0.111. The van der Waals surface area contributed by atoms with E-state index < -0.39 is 0 Å². The smallest absolute Gasteiger partial charge is 0.0582 e. The van der Waals surface area contributed by atoms with Crippen molar-refractivity contribution in [1.82, 2.24) is 5.32 Å². The Hall–Kier alpha value is -2.12. The van der Waals surface area contributed by atoms with E-state index in [1.165, 1.54) is 27.5 Å². The van der Waals surface area contributed by atoms with Crippen LogP contribution in [0.2, 0.25) is 0 Å². The number of rotatable bonds is 1. The van der Waals surface area contributed by atoms with Crippen LogP contribution in [0.4, 0.5) is 0 Å². The fourth-order valence-electron chi connectivity index (χ4n) is 2.98. The minimum absolute atomic E-state index is 0.334. The zero-order chi connectivity index (χ0) is 12.7. The summed E-state index contributed by atoms with van der Waals surface area (Å²) in [7, 11) is 0. The quantitative estimate of drug-likeness (QED) is 0.682. The number of benzene rings is 3. The molecule has 0 saturated carbocycles. The van der Waals surface area contributed by atoms with Gasteiger partial charge in [-0.25, -0.2) is 0 Å². The summed E-state index contributed by atoms with van der Waals surface area (Å²) in [6, 6.07) is 24.3. The second-order valence-electron chi connectivity index (χ2n) is 5.12. The second kappa shape index (κ2) is 4.22. The first-order valence-corrected chi connectivity index (χ1v) is 6.72. The highest BCUT2D eigenvalue weighted by molar-refractivity contribution is 5.83. The van der Waals surface area contributed by atoms with E-state index in [-0.39, 0.29) is 0 Å². The van der Waals surface area contributed by atoms with Crippen molar-refractivity contribution in [2.24, 2.45) is 0 Å². The lowest BCUT2D eigenvalue weighted by atomic mass is 9.96. The van der Waals surface area contributed by atoms with Gasteiger partial charge in [-0.15, -0.1) is 0 Å². The Labute approximate surface area is 112 Å². The molecule has 0 amide bonds. The Morgan fingerprint density at radius 3 is 2.53 bits per heavy atom. The van der Waals surface area contributed by atoms with Gasteiger partial charge in [0.25, 0.3) is 0 Å². The summed E-state index contributed by atoms with van der Waals surface area (Å²) >= 11 is 0. The Kier molecular flexibility index (Phi) is 2.39. The third kappa shape index (κ3) is 1.74. The predicted molar refractivity (Wildman–Crippen MR) is 79.1 cm³/mol. The van der Waals surface area contributed by atoms with Crippen LogP contribution in [0, 0.1) is 0 Å². The van der Waals surface area contributed by atoms with Crippen molar-refractivity contribution in [2.45, 2.75) is 12.6 Å². The van der Waals surface area contributed by atoms with Gasteiger partial charge in [0.05, 0.1) is 6.04 Å². The monoisotopic (exact) mass is 245 g/mol. The van der Waals surface area contributed by atoms with Crippen LogP contribution in [-0.2, 0) is 6.54 Å².